The van der Waals surface area contributed by atoms with Crippen molar-refractivity contribution < 1.29 is 4.74 Å². The molecule has 0 bridgehead atoms. The van der Waals surface area contributed by atoms with E-state index in [1.54, 1.807) is 7.11 Å². The number of rotatable bonds is 6. The molecule has 0 aliphatic heterocycles. The largest absolute Gasteiger partial charge is 0.496 e. The molecule has 1 saturated carbocycles. The SMILES string of the molecule is COc1ccc(CN(C)C(C)C2CC2)cc1CN. The zero-order chi connectivity index (χ0) is 13.1. The summed E-state index contributed by atoms with van der Waals surface area (Å²) in [5, 5.41) is 0. The molecule has 3 nitrogen and oxygen atoms in total. The molecule has 1 aliphatic carbocycles. The smallest absolute Gasteiger partial charge is 0.123 e. The Hall–Kier alpha value is -1.06. The first-order valence-corrected chi connectivity index (χ1v) is 6.71. The minimum absolute atomic E-state index is 0.527. The van der Waals surface area contributed by atoms with Gasteiger partial charge < -0.3 is 10.5 Å². The van der Waals surface area contributed by atoms with Gasteiger partial charge in [-0.05, 0) is 50.4 Å². The Morgan fingerprint density at radius 2 is 2.17 bits per heavy atom. The van der Waals surface area contributed by atoms with Crippen LogP contribution in [0, 0.1) is 5.92 Å². The fraction of sp³-hybridized carbons (Fsp3) is 0.600. The lowest BCUT2D eigenvalue weighted by Crippen LogP contribution is -2.30. The van der Waals surface area contributed by atoms with Crippen LogP contribution >= 0.6 is 0 Å². The first-order chi connectivity index (χ1) is 8.65. The standard InChI is InChI=1S/C15H24N2O/c1-11(13-5-6-13)17(2)10-12-4-7-15(18-3)14(8-12)9-16/h4,7-8,11,13H,5-6,9-10,16H2,1-3H3. The highest BCUT2D eigenvalue weighted by molar-refractivity contribution is 5.37. The Balaban J connectivity index is 2.04. The Morgan fingerprint density at radius 1 is 1.44 bits per heavy atom. The minimum atomic E-state index is 0.527. The molecule has 1 aliphatic rings. The molecule has 1 aromatic carbocycles. The fourth-order valence-corrected chi connectivity index (χ4v) is 2.46. The fourth-order valence-electron chi connectivity index (χ4n) is 2.46. The van der Waals surface area contributed by atoms with Crippen LogP contribution < -0.4 is 10.5 Å². The number of methoxy groups -OCH3 is 1. The maximum absolute atomic E-state index is 5.75. The summed E-state index contributed by atoms with van der Waals surface area (Å²) in [6.07, 6.45) is 2.78. The molecule has 1 aromatic rings. The second-order valence-corrected chi connectivity index (χ2v) is 5.34. The van der Waals surface area contributed by atoms with Crippen LogP contribution in [0.3, 0.4) is 0 Å². The van der Waals surface area contributed by atoms with Gasteiger partial charge in [-0.1, -0.05) is 6.07 Å². The molecule has 0 saturated heterocycles. The Kier molecular flexibility index (Phi) is 4.25. The van der Waals surface area contributed by atoms with Crippen molar-refractivity contribution in [3.63, 3.8) is 0 Å². The van der Waals surface area contributed by atoms with Crippen molar-refractivity contribution in [2.24, 2.45) is 11.7 Å². The zero-order valence-electron chi connectivity index (χ0n) is 11.6. The third kappa shape index (κ3) is 3.03. The average Bonchev–Trinajstić information content (AvgIpc) is 3.21. The van der Waals surface area contributed by atoms with Gasteiger partial charge in [0, 0.05) is 24.7 Å². The molecule has 1 unspecified atom stereocenters. The topological polar surface area (TPSA) is 38.5 Å². The van der Waals surface area contributed by atoms with E-state index in [1.807, 2.05) is 6.07 Å². The highest BCUT2D eigenvalue weighted by Crippen LogP contribution is 2.35. The number of nitrogens with zero attached hydrogens (tertiary/aromatic N) is 1. The number of benzene rings is 1. The van der Waals surface area contributed by atoms with Crippen LogP contribution in [-0.2, 0) is 13.1 Å². The molecule has 100 valence electrons. The lowest BCUT2D eigenvalue weighted by atomic mass is 10.1. The monoisotopic (exact) mass is 248 g/mol. The normalized spacial score (nSPS) is 16.9. The molecule has 0 amide bonds. The minimum Gasteiger partial charge on any atom is -0.496 e. The summed E-state index contributed by atoms with van der Waals surface area (Å²) in [6.45, 7) is 3.83. The van der Waals surface area contributed by atoms with Gasteiger partial charge in [0.15, 0.2) is 0 Å². The van der Waals surface area contributed by atoms with Gasteiger partial charge in [0.1, 0.15) is 5.75 Å². The Labute approximate surface area is 110 Å². The molecule has 18 heavy (non-hydrogen) atoms. The van der Waals surface area contributed by atoms with E-state index < -0.39 is 0 Å². The van der Waals surface area contributed by atoms with Gasteiger partial charge in [0.25, 0.3) is 0 Å². The predicted molar refractivity (Wildman–Crippen MR) is 74.5 cm³/mol. The lowest BCUT2D eigenvalue weighted by Gasteiger charge is -2.25. The van der Waals surface area contributed by atoms with Gasteiger partial charge in [-0.25, -0.2) is 0 Å². The molecule has 0 aromatic heterocycles. The van der Waals surface area contributed by atoms with E-state index in [9.17, 15) is 0 Å². The van der Waals surface area contributed by atoms with Gasteiger partial charge in [0.2, 0.25) is 0 Å². The summed E-state index contributed by atoms with van der Waals surface area (Å²) in [5.41, 5.74) is 8.15. The van der Waals surface area contributed by atoms with Crippen LogP contribution in [0.15, 0.2) is 18.2 Å². The van der Waals surface area contributed by atoms with Crippen molar-refractivity contribution in [1.29, 1.82) is 0 Å². The molecule has 2 rings (SSSR count). The van der Waals surface area contributed by atoms with E-state index in [4.69, 9.17) is 10.5 Å². The molecule has 0 spiro atoms. The first-order valence-electron chi connectivity index (χ1n) is 6.71. The Bertz CT molecular complexity index is 401. The van der Waals surface area contributed by atoms with Gasteiger partial charge in [-0.3, -0.25) is 4.90 Å². The van der Waals surface area contributed by atoms with Crippen molar-refractivity contribution in [3.05, 3.63) is 29.3 Å². The van der Waals surface area contributed by atoms with Crippen molar-refractivity contribution in [2.45, 2.75) is 38.9 Å². The van der Waals surface area contributed by atoms with Crippen LogP contribution in [0.1, 0.15) is 30.9 Å². The highest BCUT2D eigenvalue weighted by Gasteiger charge is 2.30. The molecular formula is C15H24N2O. The van der Waals surface area contributed by atoms with Gasteiger partial charge >= 0.3 is 0 Å². The first kappa shape index (κ1) is 13.4. The van der Waals surface area contributed by atoms with Crippen molar-refractivity contribution in [1.82, 2.24) is 4.90 Å². The third-order valence-electron chi connectivity index (χ3n) is 4.00. The molecular weight excluding hydrogens is 224 g/mol. The maximum Gasteiger partial charge on any atom is 0.123 e. The average molecular weight is 248 g/mol. The maximum atomic E-state index is 5.75. The molecule has 3 heteroatoms. The predicted octanol–water partition coefficient (Wildman–Crippen LogP) is 2.38. The number of hydrogen-bond acceptors (Lipinski definition) is 3. The summed E-state index contributed by atoms with van der Waals surface area (Å²) >= 11 is 0. The van der Waals surface area contributed by atoms with Crippen molar-refractivity contribution >= 4 is 0 Å². The van der Waals surface area contributed by atoms with Crippen LogP contribution in [0.2, 0.25) is 0 Å². The second-order valence-electron chi connectivity index (χ2n) is 5.34. The van der Waals surface area contributed by atoms with Gasteiger partial charge in [0.05, 0.1) is 7.11 Å². The Morgan fingerprint density at radius 3 is 2.72 bits per heavy atom. The number of ether oxygens (including phenoxy) is 1. The lowest BCUT2D eigenvalue weighted by molar-refractivity contribution is 0.226. The molecule has 2 N–H and O–H groups in total. The van der Waals surface area contributed by atoms with E-state index >= 15 is 0 Å². The van der Waals surface area contributed by atoms with Gasteiger partial charge in [-0.15, -0.1) is 0 Å². The van der Waals surface area contributed by atoms with Crippen LogP contribution in [0.4, 0.5) is 0 Å². The van der Waals surface area contributed by atoms with E-state index in [2.05, 4.69) is 31.0 Å². The van der Waals surface area contributed by atoms with E-state index in [1.165, 1.54) is 18.4 Å². The number of nitrogens with two attached hydrogens (primary N) is 1. The zero-order valence-corrected chi connectivity index (χ0v) is 11.6. The summed E-state index contributed by atoms with van der Waals surface area (Å²) in [5.74, 6) is 1.79. The molecule has 1 fully saturated rings. The van der Waals surface area contributed by atoms with Crippen LogP contribution in [-0.4, -0.2) is 25.1 Å². The van der Waals surface area contributed by atoms with Crippen LogP contribution in [0.5, 0.6) is 5.75 Å². The van der Waals surface area contributed by atoms with Crippen molar-refractivity contribution in [3.8, 4) is 5.75 Å². The van der Waals surface area contributed by atoms with E-state index in [-0.39, 0.29) is 0 Å². The van der Waals surface area contributed by atoms with Gasteiger partial charge in [-0.2, -0.15) is 0 Å². The third-order valence-corrected chi connectivity index (χ3v) is 4.00. The highest BCUT2D eigenvalue weighted by atomic mass is 16.5. The number of hydrogen-bond donors (Lipinski definition) is 1. The van der Waals surface area contributed by atoms with Crippen LogP contribution in [0.25, 0.3) is 0 Å². The summed E-state index contributed by atoms with van der Waals surface area (Å²) in [4.78, 5) is 2.43. The summed E-state index contributed by atoms with van der Waals surface area (Å²) in [7, 11) is 3.89. The van der Waals surface area contributed by atoms with E-state index in [0.717, 1.165) is 23.8 Å². The second kappa shape index (κ2) is 5.72. The van der Waals surface area contributed by atoms with Crippen molar-refractivity contribution in [2.75, 3.05) is 14.2 Å². The summed E-state index contributed by atoms with van der Waals surface area (Å²) < 4.78 is 5.30. The molecule has 0 heterocycles. The quantitative estimate of drug-likeness (QED) is 0.840. The molecule has 1 atom stereocenters. The summed E-state index contributed by atoms with van der Waals surface area (Å²) in [6, 6.07) is 6.99. The molecule has 0 radical (unpaired) electrons. The van der Waals surface area contributed by atoms with E-state index in [0.29, 0.717) is 12.6 Å².